The summed E-state index contributed by atoms with van der Waals surface area (Å²) in [6.07, 6.45) is 1.62. The molecule has 1 aromatic heterocycles. The van der Waals surface area contributed by atoms with Crippen molar-refractivity contribution in [3.05, 3.63) is 23.2 Å². The largest absolute Gasteiger partial charge is 0.455 e. The molecule has 1 aliphatic heterocycles. The van der Waals surface area contributed by atoms with Gasteiger partial charge in [-0.1, -0.05) is 13.8 Å². The van der Waals surface area contributed by atoms with Gasteiger partial charge in [-0.3, -0.25) is 9.59 Å². The van der Waals surface area contributed by atoms with Gasteiger partial charge in [-0.25, -0.2) is 8.78 Å². The Bertz CT molecular complexity index is 707. The monoisotopic (exact) mass is 323 g/mol. The first kappa shape index (κ1) is 14.8. The maximum atomic E-state index is 13.5. The third-order valence-electron chi connectivity index (χ3n) is 5.64. The second-order valence-corrected chi connectivity index (χ2v) is 7.59. The number of carbonyl (C=O) groups is 2. The standard InChI is InChI=1S/C17H19F2NO3/c1-16(2)5-3-12-9(14(16)21)7-13(23-12)15(22)20-6-4-10-11(8-20)17(10,18)19/h7,10-11H,3-6,8H2,1-2H3. The van der Waals surface area contributed by atoms with E-state index in [9.17, 15) is 18.4 Å². The van der Waals surface area contributed by atoms with Crippen LogP contribution in [0.4, 0.5) is 8.78 Å². The molecule has 23 heavy (non-hydrogen) atoms. The van der Waals surface area contributed by atoms with E-state index >= 15 is 0 Å². The molecule has 2 aliphatic carbocycles. The fraction of sp³-hybridized carbons (Fsp3) is 0.647. The van der Waals surface area contributed by atoms with Crippen molar-refractivity contribution in [1.29, 1.82) is 0 Å². The summed E-state index contributed by atoms with van der Waals surface area (Å²) < 4.78 is 32.5. The number of amides is 1. The van der Waals surface area contributed by atoms with E-state index in [-0.39, 0.29) is 24.0 Å². The summed E-state index contributed by atoms with van der Waals surface area (Å²) in [6.45, 7) is 4.15. The maximum absolute atomic E-state index is 13.5. The van der Waals surface area contributed by atoms with Crippen LogP contribution in [0.25, 0.3) is 0 Å². The average Bonchev–Trinajstić information content (AvgIpc) is 2.86. The van der Waals surface area contributed by atoms with Crippen molar-refractivity contribution in [3.63, 3.8) is 0 Å². The fourth-order valence-corrected chi connectivity index (χ4v) is 3.88. The number of nitrogens with zero attached hydrogens (tertiary/aromatic N) is 1. The molecule has 0 spiro atoms. The molecule has 4 rings (SSSR count). The van der Waals surface area contributed by atoms with E-state index in [4.69, 9.17) is 4.42 Å². The van der Waals surface area contributed by atoms with Gasteiger partial charge in [0.05, 0.1) is 5.56 Å². The van der Waals surface area contributed by atoms with Crippen LogP contribution in [-0.4, -0.2) is 35.6 Å². The molecule has 1 saturated carbocycles. The van der Waals surface area contributed by atoms with Gasteiger partial charge >= 0.3 is 0 Å². The quantitative estimate of drug-likeness (QED) is 0.798. The Morgan fingerprint density at radius 1 is 1.35 bits per heavy atom. The number of rotatable bonds is 1. The molecule has 0 bridgehead atoms. The number of hydrogen-bond donors (Lipinski definition) is 0. The summed E-state index contributed by atoms with van der Waals surface area (Å²) in [5, 5.41) is 0. The van der Waals surface area contributed by atoms with Crippen molar-refractivity contribution in [3.8, 4) is 0 Å². The number of carbonyl (C=O) groups excluding carboxylic acids is 2. The minimum absolute atomic E-state index is 0.0195. The van der Waals surface area contributed by atoms with Gasteiger partial charge in [0.1, 0.15) is 5.76 Å². The SMILES string of the molecule is CC1(C)CCc2oc(C(=O)N3CCC4C(C3)C4(F)F)cc2C1=O. The molecule has 2 heterocycles. The second-order valence-electron chi connectivity index (χ2n) is 7.59. The Kier molecular flexibility index (Phi) is 2.86. The molecule has 2 fully saturated rings. The highest BCUT2D eigenvalue weighted by molar-refractivity contribution is 6.04. The zero-order valence-corrected chi connectivity index (χ0v) is 13.2. The first-order chi connectivity index (χ1) is 10.7. The molecule has 2 unspecified atom stereocenters. The van der Waals surface area contributed by atoms with Crippen LogP contribution in [-0.2, 0) is 6.42 Å². The zero-order valence-electron chi connectivity index (χ0n) is 13.2. The maximum Gasteiger partial charge on any atom is 0.289 e. The van der Waals surface area contributed by atoms with E-state index < -0.39 is 23.2 Å². The van der Waals surface area contributed by atoms with Crippen molar-refractivity contribution in [2.75, 3.05) is 13.1 Å². The number of piperidine rings is 1. The van der Waals surface area contributed by atoms with E-state index in [0.717, 1.165) is 0 Å². The molecule has 0 radical (unpaired) electrons. The number of hydrogen-bond acceptors (Lipinski definition) is 3. The highest BCUT2D eigenvalue weighted by Gasteiger charge is 2.69. The summed E-state index contributed by atoms with van der Waals surface area (Å²) in [4.78, 5) is 26.4. The molecule has 124 valence electrons. The Morgan fingerprint density at radius 2 is 2.09 bits per heavy atom. The Balaban J connectivity index is 1.56. The van der Waals surface area contributed by atoms with Gasteiger partial charge in [0.25, 0.3) is 11.8 Å². The molecular weight excluding hydrogens is 304 g/mol. The van der Waals surface area contributed by atoms with Gasteiger partial charge in [0.2, 0.25) is 0 Å². The van der Waals surface area contributed by atoms with Crippen molar-refractivity contribution in [2.24, 2.45) is 17.3 Å². The third-order valence-corrected chi connectivity index (χ3v) is 5.64. The minimum atomic E-state index is -2.63. The third kappa shape index (κ3) is 2.07. The van der Waals surface area contributed by atoms with Crippen LogP contribution >= 0.6 is 0 Å². The number of halogens is 2. The molecule has 1 amide bonds. The summed E-state index contributed by atoms with van der Waals surface area (Å²) in [7, 11) is 0. The summed E-state index contributed by atoms with van der Waals surface area (Å²) >= 11 is 0. The lowest BCUT2D eigenvalue weighted by molar-refractivity contribution is 0.0657. The van der Waals surface area contributed by atoms with Crippen LogP contribution < -0.4 is 0 Å². The smallest absolute Gasteiger partial charge is 0.289 e. The lowest BCUT2D eigenvalue weighted by atomic mass is 9.75. The number of fused-ring (bicyclic) bond motifs is 2. The predicted octanol–water partition coefficient (Wildman–Crippen LogP) is 3.16. The number of ketones is 1. The number of aryl methyl sites for hydroxylation is 1. The van der Waals surface area contributed by atoms with Gasteiger partial charge < -0.3 is 9.32 Å². The minimum Gasteiger partial charge on any atom is -0.455 e. The molecule has 4 nitrogen and oxygen atoms in total. The molecule has 0 aromatic carbocycles. The lowest BCUT2D eigenvalue weighted by Gasteiger charge is -2.26. The molecule has 1 saturated heterocycles. The van der Waals surface area contributed by atoms with Crippen LogP contribution in [0, 0.1) is 17.3 Å². The topological polar surface area (TPSA) is 50.5 Å². The first-order valence-electron chi connectivity index (χ1n) is 8.06. The van der Waals surface area contributed by atoms with E-state index in [2.05, 4.69) is 0 Å². The Hall–Kier alpha value is -1.72. The second kappa shape index (κ2) is 4.42. The van der Waals surface area contributed by atoms with Gasteiger partial charge in [0, 0.05) is 42.8 Å². The molecule has 1 aromatic rings. The van der Waals surface area contributed by atoms with Crippen LogP contribution in [0.5, 0.6) is 0 Å². The normalized spacial score (nSPS) is 30.6. The van der Waals surface area contributed by atoms with Gasteiger partial charge in [-0.05, 0) is 12.8 Å². The highest BCUT2D eigenvalue weighted by atomic mass is 19.3. The lowest BCUT2D eigenvalue weighted by Crippen LogP contribution is -2.36. The van der Waals surface area contributed by atoms with Gasteiger partial charge in [0.15, 0.2) is 11.5 Å². The predicted molar refractivity (Wildman–Crippen MR) is 77.6 cm³/mol. The highest BCUT2D eigenvalue weighted by Crippen LogP contribution is 2.59. The van der Waals surface area contributed by atoms with E-state index in [1.165, 1.54) is 11.0 Å². The average molecular weight is 323 g/mol. The number of Topliss-reactive ketones (excluding diaryl/α,β-unsaturated/α-hetero) is 1. The summed E-state index contributed by atoms with van der Waals surface area (Å²) in [5.41, 5.74) is 0.0160. The Morgan fingerprint density at radius 3 is 2.78 bits per heavy atom. The molecule has 0 N–H and O–H groups in total. The van der Waals surface area contributed by atoms with Crippen LogP contribution in [0.1, 0.15) is 53.4 Å². The van der Waals surface area contributed by atoms with Gasteiger partial charge in [-0.2, -0.15) is 0 Å². The van der Waals surface area contributed by atoms with Crippen molar-refractivity contribution in [2.45, 2.75) is 39.0 Å². The van der Waals surface area contributed by atoms with E-state index in [1.54, 1.807) is 0 Å². The number of alkyl halides is 2. The summed E-state index contributed by atoms with van der Waals surface area (Å²) in [6, 6.07) is 1.50. The number of likely N-dealkylation sites (tertiary alicyclic amines) is 1. The van der Waals surface area contributed by atoms with Crippen LogP contribution in [0.2, 0.25) is 0 Å². The van der Waals surface area contributed by atoms with Crippen molar-refractivity contribution in [1.82, 2.24) is 4.90 Å². The zero-order chi connectivity index (χ0) is 16.6. The first-order valence-corrected chi connectivity index (χ1v) is 8.06. The van der Waals surface area contributed by atoms with Gasteiger partial charge in [-0.15, -0.1) is 0 Å². The van der Waals surface area contributed by atoms with E-state index in [0.29, 0.717) is 37.1 Å². The summed E-state index contributed by atoms with van der Waals surface area (Å²) in [5.74, 6) is -3.67. The molecule has 6 heteroatoms. The van der Waals surface area contributed by atoms with Crippen LogP contribution in [0.15, 0.2) is 10.5 Å². The molecule has 2 atom stereocenters. The molecular formula is C17H19F2NO3. The molecule has 3 aliphatic rings. The van der Waals surface area contributed by atoms with E-state index in [1.807, 2.05) is 13.8 Å². The Labute approximate surface area is 132 Å². The number of furan rings is 1. The fourth-order valence-electron chi connectivity index (χ4n) is 3.88. The van der Waals surface area contributed by atoms with Crippen molar-refractivity contribution < 1.29 is 22.8 Å². The van der Waals surface area contributed by atoms with Crippen molar-refractivity contribution >= 4 is 11.7 Å². The van der Waals surface area contributed by atoms with Crippen LogP contribution in [0.3, 0.4) is 0 Å².